The average molecular weight is 280 g/mol. The van der Waals surface area contributed by atoms with Crippen LogP contribution in [-0.2, 0) is 0 Å². The monoisotopic (exact) mass is 278 g/mol. The molecule has 0 unspecified atom stereocenters. The number of aromatic nitrogens is 2. The summed E-state index contributed by atoms with van der Waals surface area (Å²) in [5.74, 6) is 0. The average Bonchev–Trinajstić information content (AvgIpc) is 1.72. The van der Waals surface area contributed by atoms with Crippen molar-refractivity contribution in [2.45, 2.75) is 0 Å². The van der Waals surface area contributed by atoms with Crippen molar-refractivity contribution in [3.05, 3.63) is 24.8 Å². The molecule has 0 fully saturated rings. The molecule has 0 amide bonds. The fourth-order valence-electron chi connectivity index (χ4n) is 0.253. The molecule has 10 N–H and O–H groups in total. The highest BCUT2D eigenvalue weighted by Gasteiger charge is 1.59. The van der Waals surface area contributed by atoms with Crippen molar-refractivity contribution in [1.29, 1.82) is 0 Å². The van der Waals surface area contributed by atoms with E-state index in [1.807, 2.05) is 0 Å². The zero-order valence-electron chi connectivity index (χ0n) is 6.93. The number of nitrogens with zero attached hydrogens (tertiary/aromatic N) is 2. The topological polar surface area (TPSA) is 183 Å². The Morgan fingerprint density at radius 3 is 0.929 bits per heavy atom. The normalized spacial score (nSPS) is 3.43. The maximum atomic E-state index is 3.67. The van der Waals surface area contributed by atoms with Crippen molar-refractivity contribution in [1.82, 2.24) is 9.97 Å². The number of rotatable bonds is 0. The van der Waals surface area contributed by atoms with Crippen molar-refractivity contribution < 1.29 is 27.4 Å². The molecule has 0 bridgehead atoms. The lowest BCUT2D eigenvalue weighted by Crippen LogP contribution is -1.66. The molecule has 10 heteroatoms. The molecule has 0 radical (unpaired) electrons. The molecule has 1 aromatic heterocycles. The maximum absolute atomic E-state index is 3.67. The Balaban J connectivity index is -0.00000000750. The van der Waals surface area contributed by atoms with Gasteiger partial charge in [0.05, 0.1) is 0 Å². The zero-order valence-corrected chi connectivity index (χ0v) is 9.38. The minimum Gasteiger partial charge on any atom is -0.412 e. The van der Waals surface area contributed by atoms with Gasteiger partial charge in [0.1, 0.15) is 6.33 Å². The molecule has 1 aromatic rings. The van der Waals surface area contributed by atoms with Gasteiger partial charge in [-0.2, -0.15) is 0 Å². The molecular weight excluding hydrogens is 262 g/mol. The van der Waals surface area contributed by atoms with Crippen LogP contribution in [0.4, 0.5) is 0 Å². The molecule has 14 heavy (non-hydrogen) atoms. The fourth-order valence-corrected chi connectivity index (χ4v) is 0.253. The zero-order chi connectivity index (χ0) is 4.24. The van der Waals surface area contributed by atoms with E-state index in [4.69, 9.17) is 0 Å². The molecule has 1 heterocycles. The van der Waals surface area contributed by atoms with Crippen molar-refractivity contribution in [2.24, 2.45) is 0 Å². The van der Waals surface area contributed by atoms with Gasteiger partial charge >= 0.3 is 0 Å². The third-order valence-electron chi connectivity index (χ3n) is 0.478. The first-order valence-electron chi connectivity index (χ1n) is 1.70. The van der Waals surface area contributed by atoms with Crippen molar-refractivity contribution in [2.75, 3.05) is 0 Å². The minimum atomic E-state index is 0. The van der Waals surface area contributed by atoms with Crippen LogP contribution >= 0.6 is 37.2 Å². The second-order valence-electron chi connectivity index (χ2n) is 0.904. The van der Waals surface area contributed by atoms with Gasteiger partial charge in [0.2, 0.25) is 0 Å². The summed E-state index contributed by atoms with van der Waals surface area (Å²) in [5.41, 5.74) is 0. The van der Waals surface area contributed by atoms with E-state index in [9.17, 15) is 0 Å². The molecule has 0 atom stereocenters. The van der Waals surface area contributed by atoms with Gasteiger partial charge in [0.15, 0.2) is 0 Å². The van der Waals surface area contributed by atoms with E-state index in [0.29, 0.717) is 0 Å². The summed E-state index contributed by atoms with van der Waals surface area (Å²) in [6, 6.07) is 1.78. The van der Waals surface area contributed by atoms with E-state index in [1.165, 1.54) is 6.33 Å². The first kappa shape index (κ1) is 67.6. The summed E-state index contributed by atoms with van der Waals surface area (Å²) >= 11 is 0. The lowest BCUT2D eigenvalue weighted by Gasteiger charge is -1.70. The standard InChI is InChI=1S/C4H4N2.3ClH.5H2O/c1-2-5-4-6-3-1;;;;;;;;/h1-4H;3*1H;5*1H2. The second-order valence-corrected chi connectivity index (χ2v) is 0.904. The number of hydrogen-bond donors (Lipinski definition) is 0. The van der Waals surface area contributed by atoms with E-state index < -0.39 is 0 Å². The summed E-state index contributed by atoms with van der Waals surface area (Å²) in [7, 11) is 0. The second kappa shape index (κ2) is 53.2. The maximum Gasteiger partial charge on any atom is 0.115 e. The SMILES string of the molecule is Cl.Cl.Cl.O.O.O.O.O.c1cncnc1. The highest BCUT2D eigenvalue weighted by molar-refractivity contribution is 5.86. The first-order valence-corrected chi connectivity index (χ1v) is 1.70. The van der Waals surface area contributed by atoms with E-state index >= 15 is 0 Å². The van der Waals surface area contributed by atoms with Gasteiger partial charge in [0, 0.05) is 12.4 Å². The summed E-state index contributed by atoms with van der Waals surface area (Å²) < 4.78 is 0. The van der Waals surface area contributed by atoms with Crippen LogP contribution < -0.4 is 0 Å². The molecule has 0 spiro atoms. The predicted molar refractivity (Wildman–Crippen MR) is 61.8 cm³/mol. The fraction of sp³-hybridized carbons (Fsp3) is 0. The quantitative estimate of drug-likeness (QED) is 0.514. The Hall–Kier alpha value is -0.250. The highest BCUT2D eigenvalue weighted by Crippen LogP contribution is 1.66. The van der Waals surface area contributed by atoms with Crippen molar-refractivity contribution in [3.8, 4) is 0 Å². The molecule has 0 aromatic carbocycles. The number of hydrogen-bond acceptors (Lipinski definition) is 2. The predicted octanol–water partition coefficient (Wildman–Crippen LogP) is -2.38. The third kappa shape index (κ3) is 41.1. The molecule has 7 nitrogen and oxygen atoms in total. The van der Waals surface area contributed by atoms with Crippen LogP contribution in [0.25, 0.3) is 0 Å². The Kier molecular flexibility index (Phi) is 257. The van der Waals surface area contributed by atoms with Crippen molar-refractivity contribution in [3.63, 3.8) is 0 Å². The molecule has 0 aliphatic heterocycles. The van der Waals surface area contributed by atoms with Crippen LogP contribution in [0, 0.1) is 0 Å². The lowest BCUT2D eigenvalue weighted by atomic mass is 10.7. The van der Waals surface area contributed by atoms with Gasteiger partial charge in [-0.1, -0.05) is 0 Å². The van der Waals surface area contributed by atoms with Gasteiger partial charge in [-0.25, -0.2) is 9.97 Å². The molecular formula is C4H17Cl3N2O5. The Morgan fingerprint density at radius 1 is 0.571 bits per heavy atom. The van der Waals surface area contributed by atoms with Crippen LogP contribution in [0.3, 0.4) is 0 Å². The van der Waals surface area contributed by atoms with E-state index in [2.05, 4.69) is 9.97 Å². The molecule has 0 saturated carbocycles. The Bertz CT molecular complexity index is 98.9. The summed E-state index contributed by atoms with van der Waals surface area (Å²) in [5, 5.41) is 0. The number of halogens is 3. The van der Waals surface area contributed by atoms with Crippen LogP contribution in [-0.4, -0.2) is 37.3 Å². The smallest absolute Gasteiger partial charge is 0.115 e. The van der Waals surface area contributed by atoms with Gasteiger partial charge in [-0.05, 0) is 6.07 Å². The van der Waals surface area contributed by atoms with Crippen LogP contribution in [0.15, 0.2) is 24.8 Å². The van der Waals surface area contributed by atoms with Crippen LogP contribution in [0.2, 0.25) is 0 Å². The van der Waals surface area contributed by atoms with Crippen molar-refractivity contribution >= 4 is 37.2 Å². The van der Waals surface area contributed by atoms with Gasteiger partial charge < -0.3 is 27.4 Å². The Morgan fingerprint density at radius 2 is 0.857 bits per heavy atom. The van der Waals surface area contributed by atoms with Gasteiger partial charge in [-0.3, -0.25) is 0 Å². The van der Waals surface area contributed by atoms with E-state index in [0.717, 1.165) is 0 Å². The van der Waals surface area contributed by atoms with Gasteiger partial charge in [-0.15, -0.1) is 37.2 Å². The molecule has 1 rings (SSSR count). The molecule has 0 saturated heterocycles. The summed E-state index contributed by atoms with van der Waals surface area (Å²) in [6.07, 6.45) is 4.88. The summed E-state index contributed by atoms with van der Waals surface area (Å²) in [4.78, 5) is 7.35. The molecule has 0 aliphatic rings. The highest BCUT2D eigenvalue weighted by atomic mass is 35.5. The minimum absolute atomic E-state index is 0. The molecule has 94 valence electrons. The van der Waals surface area contributed by atoms with Crippen LogP contribution in [0.5, 0.6) is 0 Å². The lowest BCUT2D eigenvalue weighted by molar-refractivity contribution is 0.823. The van der Waals surface area contributed by atoms with E-state index in [1.54, 1.807) is 18.5 Å². The third-order valence-corrected chi connectivity index (χ3v) is 0.478. The summed E-state index contributed by atoms with van der Waals surface area (Å²) in [6.45, 7) is 0. The molecule has 0 aliphatic carbocycles. The van der Waals surface area contributed by atoms with Gasteiger partial charge in [0.25, 0.3) is 0 Å². The van der Waals surface area contributed by atoms with E-state index in [-0.39, 0.29) is 64.6 Å². The Labute approximate surface area is 99.7 Å². The largest absolute Gasteiger partial charge is 0.412 e. The van der Waals surface area contributed by atoms with Crippen LogP contribution in [0.1, 0.15) is 0 Å². The first-order chi connectivity index (χ1) is 3.00.